The number of carbonyl (C=O) groups excluding carboxylic acids is 2. The Labute approximate surface area is 344 Å². The maximum Gasteiger partial charge on any atom is 0.328 e. The van der Waals surface area contributed by atoms with E-state index in [0.29, 0.717) is 6.54 Å². The second-order valence-corrected chi connectivity index (χ2v) is 15.3. The Morgan fingerprint density at radius 1 is 0.949 bits per heavy atom. The molecule has 3 aliphatic heterocycles. The number of nitrogens with zero attached hydrogens (tertiary/aromatic N) is 7. The van der Waals surface area contributed by atoms with Crippen LogP contribution in [0.3, 0.4) is 0 Å². The van der Waals surface area contributed by atoms with Gasteiger partial charge in [-0.25, -0.2) is 14.2 Å². The number of hydrogen-bond acceptors (Lipinski definition) is 10. The smallest absolute Gasteiger partial charge is 0.328 e. The molecule has 2 unspecified atom stereocenters. The third-order valence-electron chi connectivity index (χ3n) is 11.0. The summed E-state index contributed by atoms with van der Waals surface area (Å²) >= 11 is 0. The molecule has 3 amide bonds. The Balaban J connectivity index is 0.000000198. The van der Waals surface area contributed by atoms with Gasteiger partial charge in [0.25, 0.3) is 5.91 Å². The van der Waals surface area contributed by atoms with Crippen LogP contribution in [0.4, 0.5) is 14.9 Å². The lowest BCUT2D eigenvalue weighted by molar-refractivity contribution is -0.139. The molecule has 7 rings (SSSR count). The molecule has 4 aromatic rings. The van der Waals surface area contributed by atoms with E-state index in [1.54, 1.807) is 44.8 Å². The summed E-state index contributed by atoms with van der Waals surface area (Å²) in [5.74, 6) is -0.709. The fraction of sp³-hybridized carbons (Fsp3) is 0.409. The van der Waals surface area contributed by atoms with Crippen molar-refractivity contribution in [3.05, 3.63) is 90.4 Å². The molecule has 0 radical (unpaired) electrons. The SMILES string of the molecule is CC(C)n1c(/C=C/[C@@H](O)C[C@@H](O)CC(=O)O)c(-c2ccc(F)cc2)c2ccccc21.COc1ccccc1N1CCN(CCN2C=NC3C2C(=O)N(C)C(=O)N3C)CC1. The van der Waals surface area contributed by atoms with Crippen molar-refractivity contribution in [3.63, 3.8) is 0 Å². The van der Waals surface area contributed by atoms with E-state index in [9.17, 15) is 29.0 Å². The number of halogens is 1. The van der Waals surface area contributed by atoms with Gasteiger partial charge in [0.1, 0.15) is 11.6 Å². The zero-order valence-corrected chi connectivity index (χ0v) is 34.2. The summed E-state index contributed by atoms with van der Waals surface area (Å²) in [5, 5.41) is 29.9. The van der Waals surface area contributed by atoms with E-state index >= 15 is 0 Å². The number of carboxylic acid groups (broad SMARTS) is 1. The molecule has 15 heteroatoms. The molecule has 59 heavy (non-hydrogen) atoms. The second kappa shape index (κ2) is 18.9. The Bertz CT molecular complexity index is 2170. The average molecular weight is 812 g/mol. The van der Waals surface area contributed by atoms with Gasteiger partial charge in [0.2, 0.25) is 0 Å². The number of amides is 3. The van der Waals surface area contributed by atoms with Gasteiger partial charge in [-0.3, -0.25) is 19.4 Å². The standard InChI is InChI=1S/C24H26FNO4.C20H28N6O3/c1-15(2)26-21-6-4-3-5-20(21)24(16-7-9-17(25)10-8-16)22(26)12-11-18(27)13-19(28)14-23(29)30;1-22-18-17(19(27)23(2)20(22)28)26(14-21-18)13-10-24-8-11-25(12-9-24)15-6-4-5-7-16(15)29-3/h3-12,15,18-19,27-28H,13-14H2,1-2H3,(H,29,30);4-7,14,17-18H,8-13H2,1-3H3/b12-11+;/t18-,19-;/m1./s1. The fourth-order valence-electron chi connectivity index (χ4n) is 8.03. The summed E-state index contributed by atoms with van der Waals surface area (Å²) in [7, 11) is 4.93. The van der Waals surface area contributed by atoms with Crippen LogP contribution < -0.4 is 9.64 Å². The van der Waals surface area contributed by atoms with E-state index in [-0.39, 0.29) is 30.2 Å². The minimum atomic E-state index is -1.13. The minimum absolute atomic E-state index is 0.0728. The first kappa shape index (κ1) is 42.8. The largest absolute Gasteiger partial charge is 0.495 e. The predicted molar refractivity (Wildman–Crippen MR) is 226 cm³/mol. The van der Waals surface area contributed by atoms with E-state index in [2.05, 4.69) is 39.3 Å². The molecule has 3 aromatic carbocycles. The Morgan fingerprint density at radius 2 is 1.63 bits per heavy atom. The highest BCUT2D eigenvalue weighted by molar-refractivity contribution is 6.02. The quantitative estimate of drug-likeness (QED) is 0.168. The van der Waals surface area contributed by atoms with Crippen molar-refractivity contribution in [2.45, 2.75) is 57.1 Å². The van der Waals surface area contributed by atoms with Crippen LogP contribution in [-0.2, 0) is 9.59 Å². The van der Waals surface area contributed by atoms with Gasteiger partial charge in [0.05, 0.1) is 37.8 Å². The number of aliphatic hydroxyl groups excluding tert-OH is 2. The highest BCUT2D eigenvalue weighted by Gasteiger charge is 2.48. The Hall–Kier alpha value is -5.77. The van der Waals surface area contributed by atoms with Crippen molar-refractivity contribution < 1.29 is 38.8 Å². The summed E-state index contributed by atoms with van der Waals surface area (Å²) < 4.78 is 21.1. The number of ether oxygens (including phenoxy) is 1. The van der Waals surface area contributed by atoms with Gasteiger partial charge in [-0.15, -0.1) is 0 Å². The number of aliphatic hydroxyl groups is 2. The Morgan fingerprint density at radius 3 is 2.31 bits per heavy atom. The maximum absolute atomic E-state index is 13.5. The summed E-state index contributed by atoms with van der Waals surface area (Å²) in [6.07, 6.45) is 2.03. The van der Waals surface area contributed by atoms with Crippen LogP contribution in [0, 0.1) is 5.82 Å². The number of methoxy groups -OCH3 is 1. The van der Waals surface area contributed by atoms with E-state index in [1.807, 2.05) is 47.4 Å². The van der Waals surface area contributed by atoms with Crippen LogP contribution in [-0.4, -0.2) is 149 Å². The molecular formula is C44H54FN7O7. The molecule has 2 saturated heterocycles. The number of benzene rings is 3. The van der Waals surface area contributed by atoms with Gasteiger partial charge < -0.3 is 39.3 Å². The number of hydrogen-bond donors (Lipinski definition) is 3. The van der Waals surface area contributed by atoms with Crippen LogP contribution in [0.5, 0.6) is 5.75 Å². The highest BCUT2D eigenvalue weighted by Crippen LogP contribution is 2.38. The average Bonchev–Trinajstić information content (AvgIpc) is 3.80. The molecule has 0 aliphatic carbocycles. The Kier molecular flexibility index (Phi) is 13.7. The second-order valence-electron chi connectivity index (χ2n) is 15.3. The van der Waals surface area contributed by atoms with Crippen LogP contribution in [0.1, 0.15) is 38.4 Å². The first-order valence-electron chi connectivity index (χ1n) is 19.9. The van der Waals surface area contributed by atoms with Crippen LogP contribution in [0.15, 0.2) is 83.9 Å². The molecule has 0 saturated carbocycles. The van der Waals surface area contributed by atoms with Crippen LogP contribution in [0.2, 0.25) is 0 Å². The third kappa shape index (κ3) is 9.59. The molecule has 4 heterocycles. The molecule has 0 spiro atoms. The van der Waals surface area contributed by atoms with E-state index in [1.165, 1.54) is 29.0 Å². The molecule has 2 fully saturated rings. The number of likely N-dealkylation sites (N-methyl/N-ethyl adjacent to an activating group) is 2. The molecule has 0 bridgehead atoms. The lowest BCUT2D eigenvalue weighted by Crippen LogP contribution is -2.64. The molecular weight excluding hydrogens is 758 g/mol. The van der Waals surface area contributed by atoms with Gasteiger partial charge in [-0.2, -0.15) is 0 Å². The molecule has 14 nitrogen and oxygen atoms in total. The van der Waals surface area contributed by atoms with Gasteiger partial charge in [-0.1, -0.05) is 48.5 Å². The summed E-state index contributed by atoms with van der Waals surface area (Å²) in [6, 6.07) is 21.7. The lowest BCUT2D eigenvalue weighted by atomic mass is 10.0. The van der Waals surface area contributed by atoms with Gasteiger partial charge >= 0.3 is 12.0 Å². The van der Waals surface area contributed by atoms with Crippen molar-refractivity contribution in [2.24, 2.45) is 4.99 Å². The highest BCUT2D eigenvalue weighted by atomic mass is 19.1. The van der Waals surface area contributed by atoms with Gasteiger partial charge in [0, 0.05) is 88.0 Å². The van der Waals surface area contributed by atoms with Crippen LogP contribution in [0.25, 0.3) is 28.1 Å². The van der Waals surface area contributed by atoms with Crippen molar-refractivity contribution in [1.82, 2.24) is 24.2 Å². The number of anilines is 1. The number of imide groups is 1. The van der Waals surface area contributed by atoms with Crippen molar-refractivity contribution >= 4 is 46.9 Å². The van der Waals surface area contributed by atoms with Gasteiger partial charge in [0.15, 0.2) is 12.2 Å². The number of carbonyl (C=O) groups is 3. The van der Waals surface area contributed by atoms with Gasteiger partial charge in [-0.05, 0) is 55.8 Å². The zero-order chi connectivity index (χ0) is 42.4. The number of urea groups is 1. The molecule has 3 N–H and O–H groups in total. The number of aliphatic imine (C=N–C) groups is 1. The van der Waals surface area contributed by atoms with E-state index in [4.69, 9.17) is 9.84 Å². The maximum atomic E-state index is 13.5. The molecule has 4 atom stereocenters. The van der Waals surface area contributed by atoms with Crippen molar-refractivity contribution in [1.29, 1.82) is 0 Å². The number of aliphatic carboxylic acids is 1. The number of aromatic nitrogens is 1. The summed E-state index contributed by atoms with van der Waals surface area (Å²) in [5.41, 5.74) is 4.78. The van der Waals surface area contributed by atoms with E-state index < -0.39 is 36.8 Å². The predicted octanol–water partition coefficient (Wildman–Crippen LogP) is 5.01. The van der Waals surface area contributed by atoms with Crippen molar-refractivity contribution in [3.8, 4) is 16.9 Å². The minimum Gasteiger partial charge on any atom is -0.495 e. The number of carboxylic acids is 1. The fourth-order valence-corrected chi connectivity index (χ4v) is 8.03. The molecule has 1 aromatic heterocycles. The summed E-state index contributed by atoms with van der Waals surface area (Å²) in [6.45, 7) is 9.44. The number of para-hydroxylation sites is 3. The molecule has 3 aliphatic rings. The van der Waals surface area contributed by atoms with Crippen molar-refractivity contribution in [2.75, 3.05) is 65.4 Å². The number of fused-ring (bicyclic) bond motifs is 2. The topological polar surface area (TPSA) is 155 Å². The first-order valence-corrected chi connectivity index (χ1v) is 19.9. The van der Waals surface area contributed by atoms with Crippen LogP contribution >= 0.6 is 0 Å². The monoisotopic (exact) mass is 811 g/mol. The number of rotatable bonds is 13. The van der Waals surface area contributed by atoms with E-state index in [0.717, 1.165) is 71.9 Å². The molecule has 314 valence electrons. The zero-order valence-electron chi connectivity index (χ0n) is 34.2. The summed E-state index contributed by atoms with van der Waals surface area (Å²) in [4.78, 5) is 49.3. The number of piperazine rings is 1. The third-order valence-corrected chi connectivity index (χ3v) is 11.0. The normalized spacial score (nSPS) is 19.4. The lowest BCUT2D eigenvalue weighted by Gasteiger charge is -2.41. The first-order chi connectivity index (χ1) is 28.3.